The molecule has 0 bridgehead atoms. The second-order valence-electron chi connectivity index (χ2n) is 8.28. The van der Waals surface area contributed by atoms with Gasteiger partial charge in [0.05, 0.1) is 5.25 Å². The third kappa shape index (κ3) is 8.34. The second-order valence-corrected chi connectivity index (χ2v) is 11.8. The van der Waals surface area contributed by atoms with Gasteiger partial charge >= 0.3 is 0 Å². The third-order valence-electron chi connectivity index (χ3n) is 5.26. The molecule has 11 heteroatoms. The van der Waals surface area contributed by atoms with Crippen LogP contribution < -0.4 is 16.0 Å². The number of carbonyl (C=O) groups excluding carboxylic acids is 3. The van der Waals surface area contributed by atoms with Gasteiger partial charge in [0.25, 0.3) is 11.8 Å². The quantitative estimate of drug-likeness (QED) is 0.153. The Hall–Kier alpha value is -3.80. The molecule has 1 heterocycles. The van der Waals surface area contributed by atoms with Crippen LogP contribution in [-0.2, 0) is 9.59 Å². The highest BCUT2D eigenvalue weighted by Gasteiger charge is 2.18. The van der Waals surface area contributed by atoms with E-state index in [0.29, 0.717) is 16.4 Å². The lowest BCUT2D eigenvalue weighted by Gasteiger charge is -2.13. The van der Waals surface area contributed by atoms with Gasteiger partial charge in [0, 0.05) is 20.6 Å². The highest BCUT2D eigenvalue weighted by molar-refractivity contribution is 9.10. The maximum Gasteiger partial charge on any atom is 0.272 e. The van der Waals surface area contributed by atoms with E-state index in [1.807, 2.05) is 49.4 Å². The minimum absolute atomic E-state index is 0.0989. The van der Waals surface area contributed by atoms with Crippen LogP contribution in [0.4, 0.5) is 10.8 Å². The normalized spacial score (nSPS) is 11.9. The van der Waals surface area contributed by atoms with E-state index in [0.717, 1.165) is 19.9 Å². The highest BCUT2D eigenvalue weighted by Crippen LogP contribution is 2.26. The smallest absolute Gasteiger partial charge is 0.272 e. The zero-order chi connectivity index (χ0) is 27.8. The standard InChI is InChI=1S/C28H24BrN5O3S2/c1-17(25(35)32-28-34-33-18(2)39-28)38-23-14-12-22(13-15-23)30-27(37)24(16-19-8-10-21(29)11-9-19)31-26(36)20-6-4-3-5-7-20/h3-17H,1-2H3,(H,30,37)(H,31,36)(H,32,34,35)/b24-16-. The second kappa shape index (κ2) is 13.3. The van der Waals surface area contributed by atoms with Crippen molar-refractivity contribution < 1.29 is 14.4 Å². The number of aryl methyl sites for hydroxylation is 1. The van der Waals surface area contributed by atoms with E-state index in [-0.39, 0.29) is 16.9 Å². The number of nitrogens with zero attached hydrogens (tertiary/aromatic N) is 2. The lowest BCUT2D eigenvalue weighted by atomic mass is 10.1. The number of hydrogen-bond acceptors (Lipinski definition) is 7. The van der Waals surface area contributed by atoms with Gasteiger partial charge in [-0.2, -0.15) is 0 Å². The zero-order valence-corrected chi connectivity index (χ0v) is 24.2. The van der Waals surface area contributed by atoms with Gasteiger partial charge in [-0.1, -0.05) is 57.6 Å². The Morgan fingerprint density at radius 3 is 2.26 bits per heavy atom. The Bertz CT molecular complexity index is 1490. The molecular weight excluding hydrogens is 598 g/mol. The molecule has 0 aliphatic heterocycles. The molecule has 198 valence electrons. The van der Waals surface area contributed by atoms with Gasteiger partial charge in [0.1, 0.15) is 10.7 Å². The first-order chi connectivity index (χ1) is 18.8. The summed E-state index contributed by atoms with van der Waals surface area (Å²) in [6, 6.07) is 23.2. The largest absolute Gasteiger partial charge is 0.321 e. The van der Waals surface area contributed by atoms with Crippen molar-refractivity contribution in [1.29, 1.82) is 0 Å². The lowest BCUT2D eigenvalue weighted by molar-refractivity contribution is -0.115. The predicted octanol–water partition coefficient (Wildman–Crippen LogP) is 6.14. The van der Waals surface area contributed by atoms with E-state index in [1.54, 1.807) is 49.4 Å². The van der Waals surface area contributed by atoms with Gasteiger partial charge in [-0.25, -0.2) is 0 Å². The van der Waals surface area contributed by atoms with Crippen molar-refractivity contribution in [3.63, 3.8) is 0 Å². The molecule has 0 saturated carbocycles. The molecule has 8 nitrogen and oxygen atoms in total. The first-order valence-corrected chi connectivity index (χ1v) is 14.3. The topological polar surface area (TPSA) is 113 Å². The van der Waals surface area contributed by atoms with Crippen LogP contribution in [0, 0.1) is 6.92 Å². The summed E-state index contributed by atoms with van der Waals surface area (Å²) < 4.78 is 0.902. The fourth-order valence-electron chi connectivity index (χ4n) is 3.30. The minimum atomic E-state index is -0.470. The van der Waals surface area contributed by atoms with E-state index >= 15 is 0 Å². The molecule has 1 atom stereocenters. The summed E-state index contributed by atoms with van der Waals surface area (Å²) in [7, 11) is 0. The Morgan fingerprint density at radius 1 is 0.923 bits per heavy atom. The number of rotatable bonds is 9. The minimum Gasteiger partial charge on any atom is -0.321 e. The molecule has 1 unspecified atom stereocenters. The van der Waals surface area contributed by atoms with Crippen molar-refractivity contribution >= 4 is 73.6 Å². The van der Waals surface area contributed by atoms with Crippen LogP contribution in [0.2, 0.25) is 0 Å². The lowest BCUT2D eigenvalue weighted by Crippen LogP contribution is -2.30. The van der Waals surface area contributed by atoms with Gasteiger partial charge in [0.2, 0.25) is 11.0 Å². The molecule has 0 spiro atoms. The molecule has 3 amide bonds. The summed E-state index contributed by atoms with van der Waals surface area (Å²) in [4.78, 5) is 39.3. The molecule has 0 radical (unpaired) electrons. The van der Waals surface area contributed by atoms with Crippen LogP contribution in [-0.4, -0.2) is 33.2 Å². The number of nitrogens with one attached hydrogen (secondary N) is 3. The van der Waals surface area contributed by atoms with Crippen molar-refractivity contribution in [2.24, 2.45) is 0 Å². The number of anilines is 2. The third-order valence-corrected chi connectivity index (χ3v) is 7.65. The Kier molecular flexibility index (Phi) is 9.64. The summed E-state index contributed by atoms with van der Waals surface area (Å²) in [6.45, 7) is 3.63. The Morgan fingerprint density at radius 2 is 1.62 bits per heavy atom. The number of thioether (sulfide) groups is 1. The molecule has 0 fully saturated rings. The van der Waals surface area contributed by atoms with Crippen molar-refractivity contribution in [3.8, 4) is 0 Å². The molecule has 0 aliphatic carbocycles. The average molecular weight is 623 g/mol. The van der Waals surface area contributed by atoms with Gasteiger partial charge in [0.15, 0.2) is 0 Å². The van der Waals surface area contributed by atoms with Crippen LogP contribution in [0.25, 0.3) is 6.08 Å². The maximum atomic E-state index is 13.2. The number of carbonyl (C=O) groups is 3. The fraction of sp³-hybridized carbons (Fsp3) is 0.107. The van der Waals surface area contributed by atoms with Crippen LogP contribution in [0.5, 0.6) is 0 Å². The van der Waals surface area contributed by atoms with E-state index in [2.05, 4.69) is 42.1 Å². The molecule has 4 aromatic rings. The van der Waals surface area contributed by atoms with E-state index < -0.39 is 11.8 Å². The van der Waals surface area contributed by atoms with Gasteiger partial charge in [-0.3, -0.25) is 19.7 Å². The van der Waals surface area contributed by atoms with Crippen molar-refractivity contribution in [2.45, 2.75) is 24.0 Å². The Balaban J connectivity index is 1.43. The Labute approximate surface area is 242 Å². The molecule has 0 aliphatic rings. The number of benzene rings is 3. The predicted molar refractivity (Wildman–Crippen MR) is 160 cm³/mol. The molecule has 39 heavy (non-hydrogen) atoms. The van der Waals surface area contributed by atoms with Crippen LogP contribution in [0.3, 0.4) is 0 Å². The highest BCUT2D eigenvalue weighted by atomic mass is 79.9. The first kappa shape index (κ1) is 28.2. The van der Waals surface area contributed by atoms with Crippen LogP contribution in [0.1, 0.15) is 27.9 Å². The summed E-state index contributed by atoms with van der Waals surface area (Å²) >= 11 is 6.10. The van der Waals surface area contributed by atoms with Crippen molar-refractivity contribution in [3.05, 3.63) is 105 Å². The summed E-state index contributed by atoms with van der Waals surface area (Å²) in [5, 5.41) is 17.0. The molecule has 0 saturated heterocycles. The maximum absolute atomic E-state index is 13.2. The van der Waals surface area contributed by atoms with E-state index in [9.17, 15) is 14.4 Å². The molecule has 3 N–H and O–H groups in total. The zero-order valence-electron chi connectivity index (χ0n) is 21.0. The fourth-order valence-corrected chi connectivity index (χ4v) is 5.02. The van der Waals surface area contributed by atoms with E-state index in [4.69, 9.17) is 0 Å². The van der Waals surface area contributed by atoms with Crippen LogP contribution in [0.15, 0.2) is 93.9 Å². The molecule has 4 rings (SSSR count). The molecule has 1 aromatic heterocycles. The monoisotopic (exact) mass is 621 g/mol. The number of halogens is 1. The first-order valence-electron chi connectivity index (χ1n) is 11.8. The van der Waals surface area contributed by atoms with Crippen molar-refractivity contribution in [2.75, 3.05) is 10.6 Å². The van der Waals surface area contributed by atoms with E-state index in [1.165, 1.54) is 23.1 Å². The molecule has 3 aromatic carbocycles. The SMILES string of the molecule is Cc1nnc(NC(=O)C(C)Sc2ccc(NC(=O)/C(=C/c3ccc(Br)cc3)NC(=O)c3ccccc3)cc2)s1. The van der Waals surface area contributed by atoms with Crippen molar-refractivity contribution in [1.82, 2.24) is 15.5 Å². The van der Waals surface area contributed by atoms with Gasteiger partial charge in [-0.15, -0.1) is 22.0 Å². The number of hydrogen-bond donors (Lipinski definition) is 3. The number of amides is 3. The van der Waals surface area contributed by atoms with Gasteiger partial charge in [-0.05, 0) is 74.0 Å². The number of aromatic nitrogens is 2. The molecular formula is C28H24BrN5O3S2. The average Bonchev–Trinajstić information content (AvgIpc) is 3.35. The summed E-state index contributed by atoms with van der Waals surface area (Å²) in [5.41, 5.74) is 1.83. The van der Waals surface area contributed by atoms with Gasteiger partial charge < -0.3 is 10.6 Å². The summed E-state index contributed by atoms with van der Waals surface area (Å²) in [6.07, 6.45) is 1.62. The summed E-state index contributed by atoms with van der Waals surface area (Å²) in [5.74, 6) is -1.04. The van der Waals surface area contributed by atoms with Crippen LogP contribution >= 0.6 is 39.0 Å².